The van der Waals surface area contributed by atoms with Crippen LogP contribution in [0.15, 0.2) is 53.3 Å². The van der Waals surface area contributed by atoms with Crippen LogP contribution >= 0.6 is 0 Å². The van der Waals surface area contributed by atoms with Crippen molar-refractivity contribution in [3.8, 4) is 5.69 Å². The van der Waals surface area contributed by atoms with Crippen LogP contribution in [0.2, 0.25) is 0 Å². The number of nitrogens with zero attached hydrogens (tertiary/aromatic N) is 4. The molecule has 0 saturated carbocycles. The van der Waals surface area contributed by atoms with Gasteiger partial charge in [0, 0.05) is 42.2 Å². The molecule has 1 saturated heterocycles. The molecule has 0 bridgehead atoms. The van der Waals surface area contributed by atoms with E-state index in [1.165, 1.54) is 28.9 Å². The summed E-state index contributed by atoms with van der Waals surface area (Å²) in [6.07, 6.45) is 1.93. The van der Waals surface area contributed by atoms with E-state index < -0.39 is 22.0 Å². The average molecular weight is 461 g/mol. The number of para-hydroxylation sites is 2. The lowest BCUT2D eigenvalue weighted by Gasteiger charge is -2.18. The topological polar surface area (TPSA) is 127 Å². The highest BCUT2D eigenvalue weighted by molar-refractivity contribution is 6.05. The largest absolute Gasteiger partial charge is 0.339 e. The van der Waals surface area contributed by atoms with Crippen LogP contribution in [-0.4, -0.2) is 44.5 Å². The fourth-order valence-corrected chi connectivity index (χ4v) is 4.02. The molecule has 2 aromatic carbocycles. The van der Waals surface area contributed by atoms with Gasteiger partial charge in [0.25, 0.3) is 17.5 Å². The second kappa shape index (κ2) is 9.26. The first-order chi connectivity index (χ1) is 16.3. The van der Waals surface area contributed by atoms with Crippen molar-refractivity contribution in [2.75, 3.05) is 18.4 Å². The van der Waals surface area contributed by atoms with E-state index in [0.29, 0.717) is 35.6 Å². The molecule has 0 aliphatic carbocycles. The lowest BCUT2D eigenvalue weighted by atomic mass is 10.1. The summed E-state index contributed by atoms with van der Waals surface area (Å²) < 4.78 is 1.20. The summed E-state index contributed by atoms with van der Waals surface area (Å²) in [5.41, 5.74) is 0.670. The molecule has 10 nitrogen and oxygen atoms in total. The van der Waals surface area contributed by atoms with Gasteiger partial charge in [0.15, 0.2) is 5.69 Å². The zero-order valence-electron chi connectivity index (χ0n) is 18.8. The maximum absolute atomic E-state index is 13.0. The lowest BCUT2D eigenvalue weighted by molar-refractivity contribution is -0.384. The first kappa shape index (κ1) is 22.8. The number of carbonyl (C=O) groups excluding carboxylic acids is 2. The fourth-order valence-electron chi connectivity index (χ4n) is 4.02. The van der Waals surface area contributed by atoms with Gasteiger partial charge in [-0.2, -0.15) is 5.10 Å². The van der Waals surface area contributed by atoms with Crippen molar-refractivity contribution >= 4 is 23.2 Å². The number of amides is 2. The molecule has 2 heterocycles. The number of hydrogen-bond acceptors (Lipinski definition) is 6. The van der Waals surface area contributed by atoms with Crippen molar-refractivity contribution in [3.05, 3.63) is 91.4 Å². The van der Waals surface area contributed by atoms with Gasteiger partial charge >= 0.3 is 0 Å². The quantitative estimate of drug-likeness (QED) is 0.459. The maximum Gasteiger partial charge on any atom is 0.294 e. The van der Waals surface area contributed by atoms with Gasteiger partial charge in [0.05, 0.1) is 4.92 Å². The van der Waals surface area contributed by atoms with Gasteiger partial charge in [-0.1, -0.05) is 18.2 Å². The zero-order valence-corrected chi connectivity index (χ0v) is 18.8. The number of nitrogens with one attached hydrogen (secondary N) is 1. The average Bonchev–Trinajstić information content (AvgIpc) is 3.35. The predicted octanol–water partition coefficient (Wildman–Crippen LogP) is 3.25. The summed E-state index contributed by atoms with van der Waals surface area (Å²) in [6, 6.07) is 12.2. The van der Waals surface area contributed by atoms with E-state index in [-0.39, 0.29) is 17.3 Å². The molecule has 1 N–H and O–H groups in total. The number of anilines is 1. The monoisotopic (exact) mass is 461 g/mol. The second-order valence-corrected chi connectivity index (χ2v) is 8.09. The molecule has 174 valence electrons. The molecule has 1 aliphatic heterocycles. The minimum atomic E-state index is -0.772. The summed E-state index contributed by atoms with van der Waals surface area (Å²) in [7, 11) is 0. The molecule has 1 aliphatic rings. The summed E-state index contributed by atoms with van der Waals surface area (Å²) in [6.45, 7) is 4.71. The molecule has 0 radical (unpaired) electrons. The number of nitro groups is 1. The Bertz CT molecular complexity index is 1360. The Morgan fingerprint density at radius 2 is 1.76 bits per heavy atom. The van der Waals surface area contributed by atoms with Gasteiger partial charge in [0.2, 0.25) is 5.43 Å². The lowest BCUT2D eigenvalue weighted by Crippen LogP contribution is -2.29. The van der Waals surface area contributed by atoms with Crippen molar-refractivity contribution in [1.82, 2.24) is 14.7 Å². The van der Waals surface area contributed by atoms with E-state index >= 15 is 0 Å². The molecule has 2 amide bonds. The van der Waals surface area contributed by atoms with E-state index in [4.69, 9.17) is 0 Å². The van der Waals surface area contributed by atoms with Crippen LogP contribution in [0.3, 0.4) is 0 Å². The Labute approximate surface area is 195 Å². The number of rotatable bonds is 5. The van der Waals surface area contributed by atoms with Gasteiger partial charge in [-0.25, -0.2) is 4.68 Å². The minimum absolute atomic E-state index is 0.0988. The summed E-state index contributed by atoms with van der Waals surface area (Å²) in [5, 5.41) is 18.3. The molecule has 1 aromatic heterocycles. The Kier molecular flexibility index (Phi) is 6.22. The Morgan fingerprint density at radius 3 is 2.47 bits per heavy atom. The van der Waals surface area contributed by atoms with Crippen LogP contribution in [0, 0.1) is 24.0 Å². The van der Waals surface area contributed by atoms with Crippen LogP contribution in [0.1, 0.15) is 44.9 Å². The molecular weight excluding hydrogens is 438 g/mol. The van der Waals surface area contributed by atoms with Gasteiger partial charge in [0.1, 0.15) is 5.69 Å². The van der Waals surface area contributed by atoms with E-state index in [2.05, 4.69) is 10.4 Å². The van der Waals surface area contributed by atoms with E-state index in [0.717, 1.165) is 12.8 Å². The molecular formula is C24H23N5O5. The molecule has 3 aromatic rings. The fraction of sp³-hybridized carbons (Fsp3) is 0.250. The molecule has 0 atom stereocenters. The van der Waals surface area contributed by atoms with Crippen molar-refractivity contribution in [3.63, 3.8) is 0 Å². The van der Waals surface area contributed by atoms with E-state index in [1.807, 2.05) is 0 Å². The number of aryl methyl sites for hydroxylation is 1. The van der Waals surface area contributed by atoms with Gasteiger partial charge < -0.3 is 10.2 Å². The molecule has 34 heavy (non-hydrogen) atoms. The third kappa shape index (κ3) is 4.29. The number of carbonyl (C=O) groups is 2. The van der Waals surface area contributed by atoms with Crippen LogP contribution in [0.25, 0.3) is 5.69 Å². The van der Waals surface area contributed by atoms with Crippen molar-refractivity contribution in [1.29, 1.82) is 0 Å². The standard InChI is InChI=1S/C24H23N5O5/c1-15-14-21(30)22(26-28(15)19-10-3-4-11-20(19)29(33)34)23(31)25-18-9-7-8-17(16(18)2)24(32)27-12-5-6-13-27/h3-4,7-11,14H,5-6,12-13H2,1-2H3,(H,25,31). The highest BCUT2D eigenvalue weighted by atomic mass is 16.6. The summed E-state index contributed by atoms with van der Waals surface area (Å²) in [5.74, 6) is -0.871. The number of likely N-dealkylation sites (tertiary alicyclic amines) is 1. The molecule has 10 heteroatoms. The van der Waals surface area contributed by atoms with Crippen molar-refractivity contribution in [2.24, 2.45) is 0 Å². The third-order valence-corrected chi connectivity index (χ3v) is 5.83. The smallest absolute Gasteiger partial charge is 0.294 e. The highest BCUT2D eigenvalue weighted by Gasteiger charge is 2.24. The summed E-state index contributed by atoms with van der Waals surface area (Å²) in [4.78, 5) is 51.1. The normalized spacial score (nSPS) is 13.1. The number of aromatic nitrogens is 2. The zero-order chi connectivity index (χ0) is 24.4. The van der Waals surface area contributed by atoms with Crippen LogP contribution in [-0.2, 0) is 0 Å². The molecule has 4 rings (SSSR count). The Hall–Kier alpha value is -4.34. The van der Waals surface area contributed by atoms with Crippen LogP contribution < -0.4 is 10.7 Å². The van der Waals surface area contributed by atoms with Crippen LogP contribution in [0.4, 0.5) is 11.4 Å². The Morgan fingerprint density at radius 1 is 1.06 bits per heavy atom. The molecule has 0 spiro atoms. The predicted molar refractivity (Wildman–Crippen MR) is 125 cm³/mol. The molecule has 0 unspecified atom stereocenters. The second-order valence-electron chi connectivity index (χ2n) is 8.09. The maximum atomic E-state index is 13.0. The molecule has 1 fully saturated rings. The number of hydrogen-bond donors (Lipinski definition) is 1. The number of benzene rings is 2. The third-order valence-electron chi connectivity index (χ3n) is 5.83. The number of nitro benzene ring substituents is 1. The van der Waals surface area contributed by atoms with E-state index in [9.17, 15) is 24.5 Å². The van der Waals surface area contributed by atoms with Crippen LogP contribution in [0.5, 0.6) is 0 Å². The van der Waals surface area contributed by atoms with Crippen molar-refractivity contribution < 1.29 is 14.5 Å². The highest BCUT2D eigenvalue weighted by Crippen LogP contribution is 2.24. The summed E-state index contributed by atoms with van der Waals surface area (Å²) >= 11 is 0. The van der Waals surface area contributed by atoms with Gasteiger partial charge in [-0.15, -0.1) is 0 Å². The first-order valence-electron chi connectivity index (χ1n) is 10.8. The minimum Gasteiger partial charge on any atom is -0.339 e. The first-order valence-corrected chi connectivity index (χ1v) is 10.8. The van der Waals surface area contributed by atoms with Gasteiger partial charge in [-0.05, 0) is 50.5 Å². The van der Waals surface area contributed by atoms with E-state index in [1.54, 1.807) is 43.0 Å². The Balaban J connectivity index is 1.68. The van der Waals surface area contributed by atoms with Crippen molar-refractivity contribution in [2.45, 2.75) is 26.7 Å². The SMILES string of the molecule is Cc1c(NC(=O)c2nn(-c3ccccc3[N+](=O)[O-])c(C)cc2=O)cccc1C(=O)N1CCCC1. The van der Waals surface area contributed by atoms with Gasteiger partial charge in [-0.3, -0.25) is 24.5 Å².